The first-order chi connectivity index (χ1) is 12.8. The largest absolute Gasteiger partial charge is 0.418 e. The summed E-state index contributed by atoms with van der Waals surface area (Å²) >= 11 is 0. The Morgan fingerprint density at radius 1 is 1.00 bits per heavy atom. The lowest BCUT2D eigenvalue weighted by molar-refractivity contribution is -0.136. The Morgan fingerprint density at radius 2 is 1.63 bits per heavy atom. The average molecular weight is 374 g/mol. The van der Waals surface area contributed by atoms with Crippen LogP contribution in [0.15, 0.2) is 48.5 Å². The average Bonchev–Trinajstić information content (AvgIpc) is 2.95. The number of aromatic nitrogens is 2. The number of amides is 1. The molecule has 0 aliphatic carbocycles. The molecule has 5 nitrogen and oxygen atoms in total. The van der Waals surface area contributed by atoms with Crippen molar-refractivity contribution in [3.63, 3.8) is 0 Å². The molecule has 3 rings (SSSR count). The number of carbonyl (C=O) groups excluding carboxylic acids is 1. The highest BCUT2D eigenvalue weighted by Crippen LogP contribution is 2.35. The Hall–Kier alpha value is -3.29. The van der Waals surface area contributed by atoms with E-state index in [1.165, 1.54) is 18.2 Å². The number of nitrogens with zero attached hydrogens (tertiary/aromatic N) is 1. The van der Waals surface area contributed by atoms with Crippen LogP contribution in [0, 0.1) is 13.8 Å². The zero-order valence-electron chi connectivity index (χ0n) is 14.6. The standard InChI is InChI=1S/C19H17F3N4O/c1-11-17(12(2)26-25-11)18(27)24-14-9-7-13(8-10-14)23-16-6-4-3-5-15(16)19(20,21)22/h3-10,23H,1-2H3,(H,24,27)(H,25,26). The summed E-state index contributed by atoms with van der Waals surface area (Å²) in [5, 5.41) is 12.2. The molecule has 0 fully saturated rings. The molecule has 0 atom stereocenters. The lowest BCUT2D eigenvalue weighted by Gasteiger charge is -2.14. The maximum atomic E-state index is 13.1. The smallest absolute Gasteiger partial charge is 0.355 e. The second kappa shape index (κ2) is 7.14. The highest BCUT2D eigenvalue weighted by Gasteiger charge is 2.33. The zero-order chi connectivity index (χ0) is 19.6. The number of hydrogen-bond donors (Lipinski definition) is 3. The van der Waals surface area contributed by atoms with Crippen molar-refractivity contribution in [1.29, 1.82) is 0 Å². The van der Waals surface area contributed by atoms with Crippen LogP contribution in [-0.4, -0.2) is 16.1 Å². The number of halogens is 3. The molecule has 0 spiro atoms. The quantitative estimate of drug-likeness (QED) is 0.599. The molecule has 0 radical (unpaired) electrons. The van der Waals surface area contributed by atoms with Crippen molar-refractivity contribution in [1.82, 2.24) is 10.2 Å². The molecule has 1 amide bonds. The molecule has 1 heterocycles. The summed E-state index contributed by atoms with van der Waals surface area (Å²) in [5.41, 5.74) is 1.94. The van der Waals surface area contributed by atoms with Crippen molar-refractivity contribution in [3.05, 3.63) is 71.0 Å². The third-order valence-corrected chi connectivity index (χ3v) is 4.01. The molecule has 8 heteroatoms. The van der Waals surface area contributed by atoms with Gasteiger partial charge in [-0.25, -0.2) is 0 Å². The molecule has 3 aromatic rings. The summed E-state index contributed by atoms with van der Waals surface area (Å²) in [7, 11) is 0. The maximum absolute atomic E-state index is 13.1. The van der Waals surface area contributed by atoms with Crippen LogP contribution in [0.3, 0.4) is 0 Å². The fourth-order valence-corrected chi connectivity index (χ4v) is 2.71. The van der Waals surface area contributed by atoms with Gasteiger partial charge in [0, 0.05) is 17.1 Å². The minimum atomic E-state index is -4.45. The first-order valence-corrected chi connectivity index (χ1v) is 8.12. The van der Waals surface area contributed by atoms with Crippen LogP contribution in [0.5, 0.6) is 0 Å². The topological polar surface area (TPSA) is 69.8 Å². The highest BCUT2D eigenvalue weighted by atomic mass is 19.4. The van der Waals surface area contributed by atoms with E-state index in [0.29, 0.717) is 28.3 Å². The lowest BCUT2D eigenvalue weighted by atomic mass is 10.1. The number of benzene rings is 2. The molecular formula is C19H17F3N4O. The number of hydrogen-bond acceptors (Lipinski definition) is 3. The fourth-order valence-electron chi connectivity index (χ4n) is 2.71. The van der Waals surface area contributed by atoms with Crippen LogP contribution in [0.4, 0.5) is 30.2 Å². The second-order valence-corrected chi connectivity index (χ2v) is 6.01. The third kappa shape index (κ3) is 4.11. The van der Waals surface area contributed by atoms with Gasteiger partial charge in [0.2, 0.25) is 0 Å². The number of anilines is 3. The van der Waals surface area contributed by atoms with Crippen LogP contribution < -0.4 is 10.6 Å². The van der Waals surface area contributed by atoms with Crippen molar-refractivity contribution >= 4 is 23.0 Å². The van der Waals surface area contributed by atoms with Crippen LogP contribution in [0.25, 0.3) is 0 Å². The van der Waals surface area contributed by atoms with Crippen molar-refractivity contribution in [2.24, 2.45) is 0 Å². The minimum Gasteiger partial charge on any atom is -0.355 e. The molecule has 2 aromatic carbocycles. The van der Waals surface area contributed by atoms with Gasteiger partial charge in [-0.3, -0.25) is 9.89 Å². The van der Waals surface area contributed by atoms with E-state index >= 15 is 0 Å². The van der Waals surface area contributed by atoms with E-state index in [1.807, 2.05) is 0 Å². The van der Waals surface area contributed by atoms with Gasteiger partial charge in [0.25, 0.3) is 5.91 Å². The second-order valence-electron chi connectivity index (χ2n) is 6.01. The molecule has 0 aliphatic rings. The Labute approximate surface area is 153 Å². The number of rotatable bonds is 4. The molecule has 1 aromatic heterocycles. The fraction of sp³-hybridized carbons (Fsp3) is 0.158. The van der Waals surface area contributed by atoms with E-state index in [2.05, 4.69) is 20.8 Å². The summed E-state index contributed by atoms with van der Waals surface area (Å²) in [6.45, 7) is 3.48. The van der Waals surface area contributed by atoms with Crippen LogP contribution in [0.1, 0.15) is 27.3 Å². The van der Waals surface area contributed by atoms with E-state index in [0.717, 1.165) is 6.07 Å². The van der Waals surface area contributed by atoms with Crippen molar-refractivity contribution < 1.29 is 18.0 Å². The minimum absolute atomic E-state index is 0.0357. The van der Waals surface area contributed by atoms with Gasteiger partial charge in [0.1, 0.15) is 0 Å². The Bertz CT molecular complexity index is 942. The van der Waals surface area contributed by atoms with Gasteiger partial charge < -0.3 is 10.6 Å². The third-order valence-electron chi connectivity index (χ3n) is 4.01. The summed E-state index contributed by atoms with van der Waals surface area (Å²) in [5.74, 6) is -0.304. The zero-order valence-corrected chi connectivity index (χ0v) is 14.6. The Morgan fingerprint density at radius 3 is 2.22 bits per heavy atom. The molecule has 27 heavy (non-hydrogen) atoms. The van der Waals surface area contributed by atoms with Gasteiger partial charge in [0.05, 0.1) is 22.5 Å². The van der Waals surface area contributed by atoms with E-state index in [1.54, 1.807) is 38.1 Å². The molecule has 0 saturated carbocycles. The van der Waals surface area contributed by atoms with Crippen LogP contribution in [-0.2, 0) is 6.18 Å². The SMILES string of the molecule is Cc1n[nH]c(C)c1C(=O)Nc1ccc(Nc2ccccc2C(F)(F)F)cc1. The van der Waals surface area contributed by atoms with Crippen molar-refractivity contribution in [2.75, 3.05) is 10.6 Å². The van der Waals surface area contributed by atoms with Gasteiger partial charge >= 0.3 is 6.18 Å². The summed E-state index contributed by atoms with van der Waals surface area (Å²) in [6, 6.07) is 11.7. The summed E-state index contributed by atoms with van der Waals surface area (Å²) < 4.78 is 39.2. The normalized spacial score (nSPS) is 11.3. The number of alkyl halides is 3. The monoisotopic (exact) mass is 374 g/mol. The van der Waals surface area contributed by atoms with Gasteiger partial charge in [-0.1, -0.05) is 12.1 Å². The molecule has 3 N–H and O–H groups in total. The van der Waals surface area contributed by atoms with Gasteiger partial charge in [-0.2, -0.15) is 18.3 Å². The van der Waals surface area contributed by atoms with E-state index in [4.69, 9.17) is 0 Å². The molecule has 0 aliphatic heterocycles. The van der Waals surface area contributed by atoms with E-state index < -0.39 is 11.7 Å². The molecule has 0 unspecified atom stereocenters. The first-order valence-electron chi connectivity index (χ1n) is 8.12. The molecule has 0 bridgehead atoms. The van der Waals surface area contributed by atoms with Crippen molar-refractivity contribution in [3.8, 4) is 0 Å². The van der Waals surface area contributed by atoms with Gasteiger partial charge in [-0.15, -0.1) is 0 Å². The molecule has 140 valence electrons. The van der Waals surface area contributed by atoms with Crippen molar-refractivity contribution in [2.45, 2.75) is 20.0 Å². The number of H-pyrrole nitrogens is 1. The van der Waals surface area contributed by atoms with E-state index in [-0.39, 0.29) is 11.6 Å². The Balaban J connectivity index is 1.74. The predicted molar refractivity (Wildman–Crippen MR) is 97.2 cm³/mol. The first kappa shape index (κ1) is 18.5. The molecular weight excluding hydrogens is 357 g/mol. The number of aryl methyl sites for hydroxylation is 2. The summed E-state index contributed by atoms with van der Waals surface area (Å²) in [4.78, 5) is 12.3. The number of carbonyl (C=O) groups is 1. The summed E-state index contributed by atoms with van der Waals surface area (Å²) in [6.07, 6.45) is -4.45. The lowest BCUT2D eigenvalue weighted by Crippen LogP contribution is -2.13. The highest BCUT2D eigenvalue weighted by molar-refractivity contribution is 6.05. The molecule has 0 saturated heterocycles. The van der Waals surface area contributed by atoms with Crippen LogP contribution in [0.2, 0.25) is 0 Å². The van der Waals surface area contributed by atoms with Crippen LogP contribution >= 0.6 is 0 Å². The number of aromatic amines is 1. The number of para-hydroxylation sites is 1. The maximum Gasteiger partial charge on any atom is 0.418 e. The number of nitrogens with one attached hydrogen (secondary N) is 3. The van der Waals surface area contributed by atoms with Gasteiger partial charge in [0.15, 0.2) is 0 Å². The van der Waals surface area contributed by atoms with Gasteiger partial charge in [-0.05, 0) is 50.2 Å². The van der Waals surface area contributed by atoms with E-state index in [9.17, 15) is 18.0 Å². The Kier molecular flexibility index (Phi) is 4.89. The predicted octanol–water partition coefficient (Wildman–Crippen LogP) is 5.04.